The first-order chi connectivity index (χ1) is 12.0. The molecule has 0 aromatic heterocycles. The van der Waals surface area contributed by atoms with Gasteiger partial charge in [0.05, 0.1) is 12.1 Å². The van der Waals surface area contributed by atoms with Crippen LogP contribution < -0.4 is 33.6 Å². The molecule has 0 saturated heterocycles. The van der Waals surface area contributed by atoms with Gasteiger partial charge in [0.15, 0.2) is 0 Å². The number of nitrogens with one attached hydrogen (secondary N) is 2. The van der Waals surface area contributed by atoms with E-state index in [1.807, 2.05) is 0 Å². The molecule has 0 bridgehead atoms. The predicted octanol–water partition coefficient (Wildman–Crippen LogP) is -0.276. The Morgan fingerprint density at radius 3 is 1.38 bits per heavy atom. The van der Waals surface area contributed by atoms with Crippen LogP contribution in [0.2, 0.25) is 0 Å². The monoisotopic (exact) mass is 394 g/mol. The van der Waals surface area contributed by atoms with Crippen LogP contribution in [-0.2, 0) is 9.59 Å². The smallest absolute Gasteiger partial charge is 0.236 e. The van der Waals surface area contributed by atoms with E-state index in [1.54, 1.807) is 0 Å². The number of hydrogen-bond acceptors (Lipinski definition) is 6. The highest BCUT2D eigenvalue weighted by molar-refractivity contribution is 5.85. The van der Waals surface area contributed by atoms with Crippen LogP contribution in [0.1, 0.15) is 57.8 Å². The fourth-order valence-corrected chi connectivity index (χ4v) is 2.39. The summed E-state index contributed by atoms with van der Waals surface area (Å²) >= 11 is 0. The number of halogens is 1. The van der Waals surface area contributed by atoms with E-state index in [9.17, 15) is 9.59 Å². The minimum atomic E-state index is -0.452. The van der Waals surface area contributed by atoms with Crippen molar-refractivity contribution in [2.24, 2.45) is 22.9 Å². The zero-order chi connectivity index (χ0) is 18.9. The highest BCUT2D eigenvalue weighted by Gasteiger charge is 2.12. The number of carbonyl (C=O) groups is 2. The summed E-state index contributed by atoms with van der Waals surface area (Å²) in [4.78, 5) is 23.5. The Morgan fingerprint density at radius 2 is 1.04 bits per heavy atom. The zero-order valence-corrected chi connectivity index (χ0v) is 16.7. The van der Waals surface area contributed by atoms with E-state index >= 15 is 0 Å². The summed E-state index contributed by atoms with van der Waals surface area (Å²) in [7, 11) is 0. The van der Waals surface area contributed by atoms with E-state index in [0.29, 0.717) is 39.0 Å². The average Bonchev–Trinajstić information content (AvgIpc) is 2.60. The van der Waals surface area contributed by atoms with Crippen LogP contribution in [-0.4, -0.2) is 50.1 Å². The van der Waals surface area contributed by atoms with Crippen molar-refractivity contribution >= 4 is 24.2 Å². The van der Waals surface area contributed by atoms with Gasteiger partial charge >= 0.3 is 0 Å². The topological polar surface area (TPSA) is 162 Å². The summed E-state index contributed by atoms with van der Waals surface area (Å²) in [5.74, 6) is -0.206. The maximum absolute atomic E-state index is 11.8. The van der Waals surface area contributed by atoms with Crippen molar-refractivity contribution in [1.82, 2.24) is 10.6 Å². The Bertz CT molecular complexity index is 328. The van der Waals surface area contributed by atoms with Crippen LogP contribution in [0.15, 0.2) is 0 Å². The van der Waals surface area contributed by atoms with Crippen molar-refractivity contribution in [1.29, 1.82) is 0 Å². The Hall–Kier alpha value is -0.930. The molecule has 0 aliphatic rings. The molecule has 10 N–H and O–H groups in total. The molecule has 2 atom stereocenters. The second-order valence-corrected chi connectivity index (χ2v) is 6.42. The molecule has 0 spiro atoms. The van der Waals surface area contributed by atoms with Gasteiger partial charge in [-0.2, -0.15) is 0 Å². The second-order valence-electron chi connectivity index (χ2n) is 6.42. The van der Waals surface area contributed by atoms with Gasteiger partial charge in [-0.15, -0.1) is 12.4 Å². The molecule has 8 nitrogen and oxygen atoms in total. The molecule has 0 radical (unpaired) electrons. The van der Waals surface area contributed by atoms with Crippen LogP contribution in [0, 0.1) is 0 Å². The van der Waals surface area contributed by atoms with Gasteiger partial charge in [-0.3, -0.25) is 9.59 Å². The van der Waals surface area contributed by atoms with E-state index in [0.717, 1.165) is 44.9 Å². The molecule has 0 unspecified atom stereocenters. The Balaban J connectivity index is 0. The van der Waals surface area contributed by atoms with Crippen molar-refractivity contribution in [2.45, 2.75) is 69.9 Å². The molecule has 156 valence electrons. The Kier molecular flexibility index (Phi) is 19.8. The number of nitrogens with two attached hydrogens (primary N) is 4. The SMILES string of the molecule is Cl.NCCCC[C@H](N)C(=O)NCCCCCNC(=O)[C@@H](N)CCCCN. The van der Waals surface area contributed by atoms with Crippen molar-refractivity contribution in [3.8, 4) is 0 Å². The normalized spacial score (nSPS) is 12.8. The standard InChI is InChI=1S/C17H38N6O2.ClH/c18-10-4-2-8-14(20)16(24)22-12-6-1-7-13-23-17(25)15(21)9-3-5-11-19;/h14-15H,1-13,18-21H2,(H,22,24)(H,23,25);1H/t14-,15-;/m0./s1. The third kappa shape index (κ3) is 15.3. The Morgan fingerprint density at radius 1 is 0.654 bits per heavy atom. The molecule has 0 heterocycles. The van der Waals surface area contributed by atoms with Crippen LogP contribution in [0.4, 0.5) is 0 Å². The van der Waals surface area contributed by atoms with Gasteiger partial charge in [0.25, 0.3) is 0 Å². The number of hydrogen-bond donors (Lipinski definition) is 6. The van der Waals surface area contributed by atoms with Crippen LogP contribution in [0.25, 0.3) is 0 Å². The summed E-state index contributed by atoms with van der Waals surface area (Å²) < 4.78 is 0. The molecule has 26 heavy (non-hydrogen) atoms. The molecular formula is C17H39ClN6O2. The van der Waals surface area contributed by atoms with Gasteiger partial charge in [0, 0.05) is 13.1 Å². The number of rotatable bonds is 16. The van der Waals surface area contributed by atoms with E-state index in [1.165, 1.54) is 0 Å². The number of carbonyl (C=O) groups excluding carboxylic acids is 2. The largest absolute Gasteiger partial charge is 0.355 e. The lowest BCUT2D eigenvalue weighted by Crippen LogP contribution is -2.41. The Labute approximate surface area is 164 Å². The molecule has 0 aliphatic heterocycles. The third-order valence-corrected chi connectivity index (χ3v) is 4.06. The molecule has 0 aromatic carbocycles. The molecule has 2 amide bonds. The lowest BCUT2D eigenvalue weighted by atomic mass is 10.1. The molecule has 9 heteroatoms. The molecule has 0 aliphatic carbocycles. The van der Waals surface area contributed by atoms with Crippen LogP contribution in [0.3, 0.4) is 0 Å². The van der Waals surface area contributed by atoms with Crippen LogP contribution >= 0.6 is 12.4 Å². The predicted molar refractivity (Wildman–Crippen MR) is 109 cm³/mol. The molecule has 0 fully saturated rings. The van der Waals surface area contributed by atoms with E-state index in [4.69, 9.17) is 22.9 Å². The average molecular weight is 395 g/mol. The second kappa shape index (κ2) is 18.8. The highest BCUT2D eigenvalue weighted by atomic mass is 35.5. The van der Waals surface area contributed by atoms with Crippen molar-refractivity contribution < 1.29 is 9.59 Å². The molecule has 0 aromatic rings. The van der Waals surface area contributed by atoms with Gasteiger partial charge in [0.2, 0.25) is 11.8 Å². The lowest BCUT2D eigenvalue weighted by molar-refractivity contribution is -0.123. The fourth-order valence-electron chi connectivity index (χ4n) is 2.39. The summed E-state index contributed by atoms with van der Waals surface area (Å²) in [5.41, 5.74) is 22.4. The molecule has 0 saturated carbocycles. The van der Waals surface area contributed by atoms with Crippen molar-refractivity contribution in [3.63, 3.8) is 0 Å². The first-order valence-corrected chi connectivity index (χ1v) is 9.49. The maximum Gasteiger partial charge on any atom is 0.236 e. The zero-order valence-electron chi connectivity index (χ0n) is 15.9. The van der Waals surface area contributed by atoms with E-state index < -0.39 is 12.1 Å². The van der Waals surface area contributed by atoms with Gasteiger partial charge in [-0.25, -0.2) is 0 Å². The van der Waals surface area contributed by atoms with E-state index in [2.05, 4.69) is 10.6 Å². The molecule has 0 rings (SSSR count). The minimum Gasteiger partial charge on any atom is -0.355 e. The van der Waals surface area contributed by atoms with Gasteiger partial charge in [0.1, 0.15) is 0 Å². The molecular weight excluding hydrogens is 356 g/mol. The van der Waals surface area contributed by atoms with Crippen molar-refractivity contribution in [2.75, 3.05) is 26.2 Å². The summed E-state index contributed by atoms with van der Waals surface area (Å²) in [6.45, 7) is 2.47. The summed E-state index contributed by atoms with van der Waals surface area (Å²) in [6, 6.07) is -0.904. The lowest BCUT2D eigenvalue weighted by Gasteiger charge is -2.13. The first kappa shape index (κ1) is 27.3. The maximum atomic E-state index is 11.8. The third-order valence-electron chi connectivity index (χ3n) is 4.06. The quantitative estimate of drug-likeness (QED) is 0.197. The van der Waals surface area contributed by atoms with Crippen molar-refractivity contribution in [3.05, 3.63) is 0 Å². The summed E-state index contributed by atoms with van der Waals surface area (Å²) in [6.07, 6.45) is 7.51. The van der Waals surface area contributed by atoms with Gasteiger partial charge in [-0.1, -0.05) is 12.8 Å². The van der Waals surface area contributed by atoms with Crippen LogP contribution in [0.5, 0.6) is 0 Å². The summed E-state index contributed by atoms with van der Waals surface area (Å²) in [5, 5.41) is 5.69. The first-order valence-electron chi connectivity index (χ1n) is 9.49. The van der Waals surface area contributed by atoms with Gasteiger partial charge < -0.3 is 33.6 Å². The number of unbranched alkanes of at least 4 members (excludes halogenated alkanes) is 4. The highest BCUT2D eigenvalue weighted by Crippen LogP contribution is 2.00. The van der Waals surface area contributed by atoms with Gasteiger partial charge in [-0.05, 0) is 58.0 Å². The fraction of sp³-hybridized carbons (Fsp3) is 0.882. The number of amides is 2. The van der Waals surface area contributed by atoms with E-state index in [-0.39, 0.29) is 24.2 Å². The minimum absolute atomic E-state index is 0.